The van der Waals surface area contributed by atoms with Crippen molar-refractivity contribution < 1.29 is 0 Å². The van der Waals surface area contributed by atoms with Crippen molar-refractivity contribution in [2.75, 3.05) is 4.90 Å². The number of fused-ring (bicyclic) bond motifs is 6. The SMILES string of the molecule is c1ccc(-c2ccc(N(c3ccc(-c4ccccc4-c4cccc5sc6ccccc6c45)cc3)c3cccc4c3-c3ccccc3C43C4CC5CC(C4)CC3C5)cc2)cc1. The van der Waals surface area contributed by atoms with Gasteiger partial charge in [-0.25, -0.2) is 0 Å². The summed E-state index contributed by atoms with van der Waals surface area (Å²) >= 11 is 1.88. The fourth-order valence-electron chi connectivity index (χ4n) is 13.0. The van der Waals surface area contributed by atoms with Gasteiger partial charge in [-0.15, -0.1) is 11.3 Å². The van der Waals surface area contributed by atoms with E-state index >= 15 is 0 Å². The van der Waals surface area contributed by atoms with E-state index in [1.165, 1.54) is 114 Å². The van der Waals surface area contributed by atoms with E-state index in [4.69, 9.17) is 0 Å². The summed E-state index contributed by atoms with van der Waals surface area (Å²) in [7, 11) is 0. The van der Waals surface area contributed by atoms with Gasteiger partial charge in [0.05, 0.1) is 5.69 Å². The van der Waals surface area contributed by atoms with Crippen LogP contribution in [0.15, 0.2) is 188 Å². The van der Waals surface area contributed by atoms with Crippen LogP contribution in [0, 0.1) is 23.7 Å². The summed E-state index contributed by atoms with van der Waals surface area (Å²) < 4.78 is 2.67. The number of rotatable bonds is 6. The number of hydrogen-bond acceptors (Lipinski definition) is 2. The molecule has 0 unspecified atom stereocenters. The number of benzene rings is 8. The summed E-state index contributed by atoms with van der Waals surface area (Å²) in [4.78, 5) is 2.55. The Bertz CT molecular complexity index is 3070. The Hall–Kier alpha value is -6.22. The Morgan fingerprint density at radius 1 is 0.400 bits per heavy atom. The molecule has 0 atom stereocenters. The fourth-order valence-corrected chi connectivity index (χ4v) is 14.1. The van der Waals surface area contributed by atoms with Gasteiger partial charge in [-0.3, -0.25) is 0 Å². The second kappa shape index (κ2) is 13.4. The van der Waals surface area contributed by atoms with E-state index in [-0.39, 0.29) is 5.41 Å². The topological polar surface area (TPSA) is 3.24 Å². The van der Waals surface area contributed by atoms with E-state index in [0.717, 1.165) is 23.7 Å². The summed E-state index contributed by atoms with van der Waals surface area (Å²) in [6.07, 6.45) is 7.00. The predicted molar refractivity (Wildman–Crippen MR) is 254 cm³/mol. The highest BCUT2D eigenvalue weighted by Gasteiger charge is 2.61. The van der Waals surface area contributed by atoms with Gasteiger partial charge in [0.1, 0.15) is 0 Å². The monoisotopic (exact) mass is 787 g/mol. The lowest BCUT2D eigenvalue weighted by Crippen LogP contribution is -2.55. The molecule has 5 aliphatic carbocycles. The Morgan fingerprint density at radius 3 is 1.70 bits per heavy atom. The molecule has 8 aromatic carbocycles. The second-order valence-electron chi connectivity index (χ2n) is 18.0. The van der Waals surface area contributed by atoms with Crippen molar-refractivity contribution in [2.45, 2.75) is 37.5 Å². The average Bonchev–Trinajstić information content (AvgIpc) is 3.83. The van der Waals surface area contributed by atoms with Gasteiger partial charge in [0.15, 0.2) is 0 Å². The van der Waals surface area contributed by atoms with Crippen molar-refractivity contribution in [3.05, 3.63) is 199 Å². The third-order valence-corrected chi connectivity index (χ3v) is 16.2. The second-order valence-corrected chi connectivity index (χ2v) is 19.1. The minimum absolute atomic E-state index is 0.113. The van der Waals surface area contributed by atoms with Gasteiger partial charge < -0.3 is 4.90 Å². The normalized spacial score (nSPS) is 22.1. The molecule has 0 amide bonds. The highest BCUT2D eigenvalue weighted by Crippen LogP contribution is 2.70. The van der Waals surface area contributed by atoms with Gasteiger partial charge in [0, 0.05) is 42.5 Å². The molecule has 288 valence electrons. The van der Waals surface area contributed by atoms with Crippen LogP contribution in [0.25, 0.3) is 64.7 Å². The molecule has 0 radical (unpaired) electrons. The maximum Gasteiger partial charge on any atom is 0.0543 e. The molecule has 0 aliphatic heterocycles. The summed E-state index contributed by atoms with van der Waals surface area (Å²) in [6, 6.07) is 70.9. The number of hydrogen-bond donors (Lipinski definition) is 0. The fraction of sp³-hybridized carbons (Fsp3) is 0.172. The number of thiophene rings is 1. The van der Waals surface area contributed by atoms with Gasteiger partial charge in [-0.05, 0) is 148 Å². The zero-order valence-corrected chi connectivity index (χ0v) is 34.4. The molecule has 0 saturated heterocycles. The van der Waals surface area contributed by atoms with Crippen LogP contribution in [-0.4, -0.2) is 0 Å². The van der Waals surface area contributed by atoms with Gasteiger partial charge in [0.25, 0.3) is 0 Å². The molecule has 9 aromatic rings. The first kappa shape index (κ1) is 34.6. The summed E-state index contributed by atoms with van der Waals surface area (Å²) in [5, 5.41) is 2.68. The Labute approximate surface area is 356 Å². The third-order valence-electron chi connectivity index (χ3n) is 15.1. The number of nitrogens with zero attached hydrogens (tertiary/aromatic N) is 1. The van der Waals surface area contributed by atoms with Crippen LogP contribution >= 0.6 is 11.3 Å². The van der Waals surface area contributed by atoms with Crippen LogP contribution in [0.2, 0.25) is 0 Å². The lowest BCUT2D eigenvalue weighted by Gasteiger charge is -2.61. The Balaban J connectivity index is 0.972. The van der Waals surface area contributed by atoms with Crippen molar-refractivity contribution in [1.82, 2.24) is 0 Å². The summed E-state index contributed by atoms with van der Waals surface area (Å²) in [6.45, 7) is 0. The quantitative estimate of drug-likeness (QED) is 0.162. The molecule has 5 aliphatic rings. The zero-order chi connectivity index (χ0) is 39.4. The highest BCUT2D eigenvalue weighted by atomic mass is 32.1. The van der Waals surface area contributed by atoms with Crippen molar-refractivity contribution in [2.24, 2.45) is 23.7 Å². The summed E-state index contributed by atoms with van der Waals surface area (Å²) in [5.41, 5.74) is 17.3. The minimum atomic E-state index is 0.113. The maximum atomic E-state index is 2.55. The molecule has 1 nitrogen and oxygen atoms in total. The maximum absolute atomic E-state index is 2.55. The Kier molecular flexibility index (Phi) is 7.73. The van der Waals surface area contributed by atoms with Crippen molar-refractivity contribution in [3.8, 4) is 44.5 Å². The molecule has 60 heavy (non-hydrogen) atoms. The van der Waals surface area contributed by atoms with Gasteiger partial charge >= 0.3 is 0 Å². The van der Waals surface area contributed by atoms with Crippen LogP contribution in [0.1, 0.15) is 43.2 Å². The predicted octanol–water partition coefficient (Wildman–Crippen LogP) is 16.2. The number of anilines is 3. The first-order valence-electron chi connectivity index (χ1n) is 22.0. The molecule has 1 spiro atoms. The third kappa shape index (κ3) is 5.04. The van der Waals surface area contributed by atoms with Crippen LogP contribution in [0.4, 0.5) is 17.1 Å². The van der Waals surface area contributed by atoms with E-state index in [1.807, 2.05) is 11.3 Å². The van der Waals surface area contributed by atoms with E-state index in [2.05, 4.69) is 193 Å². The molecular weight excluding hydrogens is 743 g/mol. The van der Waals surface area contributed by atoms with Crippen molar-refractivity contribution in [3.63, 3.8) is 0 Å². The Morgan fingerprint density at radius 2 is 0.950 bits per heavy atom. The van der Waals surface area contributed by atoms with Crippen LogP contribution in [0.5, 0.6) is 0 Å². The van der Waals surface area contributed by atoms with Crippen LogP contribution in [0.3, 0.4) is 0 Å². The first-order valence-corrected chi connectivity index (χ1v) is 22.8. The molecule has 4 fully saturated rings. The standard InChI is InChI=1S/C58H45NS/c1-2-12-39(13-3-1)40-24-28-44(29-25-40)59(53-21-11-20-52-57(53)49-16-6-8-19-51(49)58(52)42-33-37-32-38(35-42)36-43(58)34-37)45-30-26-41(27-31-45)46-14-4-5-15-47(46)48-18-10-23-55-56(48)50-17-7-9-22-54(50)60-55/h1-31,37-38,42-43H,32-36H2. The molecule has 4 bridgehead atoms. The first-order chi connectivity index (χ1) is 29.7. The van der Waals surface area contributed by atoms with E-state index < -0.39 is 0 Å². The van der Waals surface area contributed by atoms with Gasteiger partial charge in [-0.2, -0.15) is 0 Å². The van der Waals surface area contributed by atoms with Crippen molar-refractivity contribution >= 4 is 48.6 Å². The highest BCUT2D eigenvalue weighted by molar-refractivity contribution is 7.25. The minimum Gasteiger partial charge on any atom is -0.310 e. The largest absolute Gasteiger partial charge is 0.310 e. The molecular formula is C58H45NS. The van der Waals surface area contributed by atoms with Gasteiger partial charge in [-0.1, -0.05) is 146 Å². The summed E-state index contributed by atoms with van der Waals surface area (Å²) in [5.74, 6) is 3.28. The lowest BCUT2D eigenvalue weighted by atomic mass is 9.43. The lowest BCUT2D eigenvalue weighted by molar-refractivity contribution is -0.0399. The molecule has 1 heterocycles. The zero-order valence-electron chi connectivity index (χ0n) is 33.6. The van der Waals surface area contributed by atoms with E-state index in [1.54, 1.807) is 11.1 Å². The smallest absolute Gasteiger partial charge is 0.0543 e. The van der Waals surface area contributed by atoms with E-state index in [9.17, 15) is 0 Å². The molecule has 1 aromatic heterocycles. The molecule has 4 saturated carbocycles. The average molecular weight is 788 g/mol. The molecule has 2 heteroatoms. The van der Waals surface area contributed by atoms with Crippen molar-refractivity contribution in [1.29, 1.82) is 0 Å². The molecule has 14 rings (SSSR count). The van der Waals surface area contributed by atoms with Crippen LogP contribution < -0.4 is 4.90 Å². The van der Waals surface area contributed by atoms with Crippen LogP contribution in [-0.2, 0) is 5.41 Å². The van der Waals surface area contributed by atoms with Gasteiger partial charge in [0.2, 0.25) is 0 Å². The molecule has 0 N–H and O–H groups in total. The van der Waals surface area contributed by atoms with E-state index in [0.29, 0.717) is 0 Å².